The van der Waals surface area contributed by atoms with Crippen LogP contribution in [-0.4, -0.2) is 38.8 Å². The van der Waals surface area contributed by atoms with Crippen molar-refractivity contribution in [3.63, 3.8) is 0 Å². The standard InChI is InChI=1S/C22H27N5/c1-16(14-27-9-5-4-6-17(27)2)25-22-11-20-10-18(7-8-19(20)12-23-22)21-13-24-26(3)15-21/h7-8,10-13,15,17H,1,4-6,9,14H2,2-3H3,(H,23,25)/t17-/m1/s1. The van der Waals surface area contributed by atoms with Gasteiger partial charge >= 0.3 is 0 Å². The van der Waals surface area contributed by atoms with Gasteiger partial charge in [0.25, 0.3) is 0 Å². The van der Waals surface area contributed by atoms with Gasteiger partial charge in [0.2, 0.25) is 0 Å². The minimum Gasteiger partial charge on any atom is -0.343 e. The molecule has 0 unspecified atom stereocenters. The predicted molar refractivity (Wildman–Crippen MR) is 112 cm³/mol. The third-order valence-electron chi connectivity index (χ3n) is 5.40. The molecule has 140 valence electrons. The fourth-order valence-corrected chi connectivity index (χ4v) is 3.82. The third kappa shape index (κ3) is 4.03. The highest BCUT2D eigenvalue weighted by Crippen LogP contribution is 2.25. The first-order valence-corrected chi connectivity index (χ1v) is 9.66. The number of aryl methyl sites for hydroxylation is 1. The van der Waals surface area contributed by atoms with Crippen molar-refractivity contribution >= 4 is 16.6 Å². The summed E-state index contributed by atoms with van der Waals surface area (Å²) in [5.41, 5.74) is 3.28. The van der Waals surface area contributed by atoms with E-state index in [0.29, 0.717) is 6.04 Å². The molecule has 4 rings (SSSR count). The zero-order valence-corrected chi connectivity index (χ0v) is 16.2. The predicted octanol–water partition coefficient (Wildman–Crippen LogP) is 4.44. The van der Waals surface area contributed by atoms with Gasteiger partial charge in [-0.05, 0) is 49.4 Å². The summed E-state index contributed by atoms with van der Waals surface area (Å²) in [5.74, 6) is 0.848. The van der Waals surface area contributed by atoms with Crippen molar-refractivity contribution in [2.45, 2.75) is 32.2 Å². The number of hydrogen-bond donors (Lipinski definition) is 1. The van der Waals surface area contributed by atoms with Crippen molar-refractivity contribution in [3.05, 3.63) is 55.1 Å². The minimum atomic E-state index is 0.629. The Balaban J connectivity index is 1.51. The van der Waals surface area contributed by atoms with Crippen LogP contribution >= 0.6 is 0 Å². The number of nitrogens with one attached hydrogen (secondary N) is 1. The molecule has 5 heteroatoms. The number of anilines is 1. The van der Waals surface area contributed by atoms with Crippen LogP contribution in [0.5, 0.6) is 0 Å². The smallest absolute Gasteiger partial charge is 0.130 e. The van der Waals surface area contributed by atoms with E-state index >= 15 is 0 Å². The molecule has 0 amide bonds. The maximum Gasteiger partial charge on any atom is 0.130 e. The van der Waals surface area contributed by atoms with Crippen LogP contribution in [0.3, 0.4) is 0 Å². The molecule has 3 aromatic rings. The second kappa shape index (κ2) is 7.53. The molecule has 1 saturated heterocycles. The lowest BCUT2D eigenvalue weighted by molar-refractivity contribution is 0.175. The molecular formula is C22H27N5. The van der Waals surface area contributed by atoms with Crippen molar-refractivity contribution in [2.75, 3.05) is 18.4 Å². The van der Waals surface area contributed by atoms with Crippen LogP contribution in [0.4, 0.5) is 5.82 Å². The molecule has 1 aliphatic rings. The fraction of sp³-hybridized carbons (Fsp3) is 0.364. The lowest BCUT2D eigenvalue weighted by Gasteiger charge is -2.33. The number of piperidine rings is 1. The second-order valence-corrected chi connectivity index (χ2v) is 7.58. The summed E-state index contributed by atoms with van der Waals surface area (Å²) in [6.45, 7) is 8.55. The third-order valence-corrected chi connectivity index (χ3v) is 5.40. The van der Waals surface area contributed by atoms with Crippen molar-refractivity contribution in [2.24, 2.45) is 7.05 Å². The Morgan fingerprint density at radius 3 is 2.85 bits per heavy atom. The van der Waals surface area contributed by atoms with Crippen LogP contribution in [0.15, 0.2) is 55.1 Å². The van der Waals surface area contributed by atoms with Crippen molar-refractivity contribution in [1.82, 2.24) is 19.7 Å². The normalized spacial score (nSPS) is 17.9. The Morgan fingerprint density at radius 1 is 1.19 bits per heavy atom. The SMILES string of the molecule is C=C(CN1CCCC[C@H]1C)Nc1cc2cc(-c3cnn(C)c3)ccc2cn1. The molecule has 1 aromatic carbocycles. The van der Waals surface area contributed by atoms with Crippen molar-refractivity contribution in [3.8, 4) is 11.1 Å². The number of nitrogens with zero attached hydrogens (tertiary/aromatic N) is 4. The first kappa shape index (κ1) is 17.7. The summed E-state index contributed by atoms with van der Waals surface area (Å²) in [4.78, 5) is 7.06. The molecule has 1 N–H and O–H groups in total. The Bertz CT molecular complexity index is 958. The summed E-state index contributed by atoms with van der Waals surface area (Å²) in [5, 5.41) is 9.96. The van der Waals surface area contributed by atoms with Crippen LogP contribution in [0.25, 0.3) is 21.9 Å². The molecule has 1 fully saturated rings. The van der Waals surface area contributed by atoms with Crippen LogP contribution in [0.1, 0.15) is 26.2 Å². The first-order chi connectivity index (χ1) is 13.1. The molecule has 3 heterocycles. The average Bonchev–Trinajstić information content (AvgIpc) is 3.09. The Labute approximate surface area is 160 Å². The van der Waals surface area contributed by atoms with E-state index in [1.165, 1.54) is 19.3 Å². The maximum absolute atomic E-state index is 4.56. The first-order valence-electron chi connectivity index (χ1n) is 9.66. The Hall–Kier alpha value is -2.66. The van der Waals surface area contributed by atoms with Crippen molar-refractivity contribution < 1.29 is 0 Å². The molecular weight excluding hydrogens is 334 g/mol. The zero-order valence-electron chi connectivity index (χ0n) is 16.2. The van der Waals surface area contributed by atoms with E-state index in [2.05, 4.69) is 58.1 Å². The number of fused-ring (bicyclic) bond motifs is 1. The Morgan fingerprint density at radius 2 is 2.07 bits per heavy atom. The van der Waals surface area contributed by atoms with Crippen LogP contribution in [-0.2, 0) is 7.05 Å². The van der Waals surface area contributed by atoms with E-state index in [9.17, 15) is 0 Å². The summed E-state index contributed by atoms with van der Waals surface area (Å²) in [7, 11) is 1.94. The van der Waals surface area contributed by atoms with Gasteiger partial charge < -0.3 is 5.32 Å². The molecule has 27 heavy (non-hydrogen) atoms. The van der Waals surface area contributed by atoms with Gasteiger partial charge in [-0.2, -0.15) is 5.10 Å². The molecule has 0 saturated carbocycles. The zero-order chi connectivity index (χ0) is 18.8. The maximum atomic E-state index is 4.56. The highest BCUT2D eigenvalue weighted by atomic mass is 15.2. The van der Waals surface area contributed by atoms with Gasteiger partial charge in [-0.1, -0.05) is 25.1 Å². The van der Waals surface area contributed by atoms with Gasteiger partial charge in [0.05, 0.1) is 6.20 Å². The fourth-order valence-electron chi connectivity index (χ4n) is 3.82. The van der Waals surface area contributed by atoms with Gasteiger partial charge in [-0.3, -0.25) is 9.58 Å². The number of likely N-dealkylation sites (tertiary alicyclic amines) is 1. The lowest BCUT2D eigenvalue weighted by Crippen LogP contribution is -2.39. The number of rotatable bonds is 5. The molecule has 2 aromatic heterocycles. The van der Waals surface area contributed by atoms with Crippen LogP contribution in [0, 0.1) is 0 Å². The van der Waals surface area contributed by atoms with E-state index in [1.807, 2.05) is 30.3 Å². The topological polar surface area (TPSA) is 46.0 Å². The molecule has 5 nitrogen and oxygen atoms in total. The summed E-state index contributed by atoms with van der Waals surface area (Å²) in [6.07, 6.45) is 9.73. The van der Waals surface area contributed by atoms with Gasteiger partial charge in [-0.15, -0.1) is 0 Å². The van der Waals surface area contributed by atoms with E-state index in [4.69, 9.17) is 0 Å². The van der Waals surface area contributed by atoms with Crippen LogP contribution in [0.2, 0.25) is 0 Å². The van der Waals surface area contributed by atoms with E-state index < -0.39 is 0 Å². The number of aromatic nitrogens is 3. The number of pyridine rings is 1. The highest BCUT2D eigenvalue weighted by Gasteiger charge is 2.18. The molecule has 1 atom stereocenters. The minimum absolute atomic E-state index is 0.629. The number of hydrogen-bond acceptors (Lipinski definition) is 4. The Kier molecular flexibility index (Phi) is 4.94. The lowest BCUT2D eigenvalue weighted by atomic mass is 10.0. The molecule has 0 aliphatic carbocycles. The monoisotopic (exact) mass is 361 g/mol. The van der Waals surface area contributed by atoms with Gasteiger partial charge in [0, 0.05) is 48.7 Å². The van der Waals surface area contributed by atoms with Gasteiger partial charge in [0.1, 0.15) is 5.82 Å². The summed E-state index contributed by atoms with van der Waals surface area (Å²) < 4.78 is 1.82. The van der Waals surface area contributed by atoms with Crippen LogP contribution < -0.4 is 5.32 Å². The largest absolute Gasteiger partial charge is 0.343 e. The van der Waals surface area contributed by atoms with E-state index in [1.54, 1.807) is 0 Å². The molecule has 0 spiro atoms. The molecule has 1 aliphatic heterocycles. The molecule has 0 bridgehead atoms. The molecule has 0 radical (unpaired) electrons. The average molecular weight is 361 g/mol. The number of benzene rings is 1. The van der Waals surface area contributed by atoms with E-state index in [-0.39, 0.29) is 0 Å². The summed E-state index contributed by atoms with van der Waals surface area (Å²) >= 11 is 0. The summed E-state index contributed by atoms with van der Waals surface area (Å²) in [6, 6.07) is 9.14. The van der Waals surface area contributed by atoms with Crippen molar-refractivity contribution in [1.29, 1.82) is 0 Å². The van der Waals surface area contributed by atoms with Gasteiger partial charge in [0.15, 0.2) is 0 Å². The highest BCUT2D eigenvalue weighted by molar-refractivity contribution is 5.88. The van der Waals surface area contributed by atoms with E-state index in [0.717, 1.165) is 46.5 Å². The second-order valence-electron chi connectivity index (χ2n) is 7.58. The quantitative estimate of drug-likeness (QED) is 0.730. The van der Waals surface area contributed by atoms with Gasteiger partial charge in [-0.25, -0.2) is 4.98 Å².